The minimum Gasteiger partial charge on any atom is -0.381 e. The molecule has 1 fully saturated rings. The largest absolute Gasteiger partial charge is 0.381 e. The summed E-state index contributed by atoms with van der Waals surface area (Å²) in [6, 6.07) is 0. The molecule has 5 nitrogen and oxygen atoms in total. The summed E-state index contributed by atoms with van der Waals surface area (Å²) in [6.07, 6.45) is 3.18. The number of carbonyl (C=O) groups is 1. The number of nitrogens with one attached hydrogen (secondary N) is 1. The molecule has 0 saturated carbocycles. The van der Waals surface area contributed by atoms with Crippen molar-refractivity contribution in [2.24, 2.45) is 5.92 Å². The van der Waals surface area contributed by atoms with Gasteiger partial charge in [0, 0.05) is 12.5 Å². The summed E-state index contributed by atoms with van der Waals surface area (Å²) in [5, 5.41) is 6.21. The van der Waals surface area contributed by atoms with Gasteiger partial charge in [-0.25, -0.2) is 4.98 Å². The van der Waals surface area contributed by atoms with Crippen LogP contribution in [0.15, 0.2) is 6.33 Å². The molecule has 0 spiro atoms. The molecule has 1 N–H and O–H groups in total. The first-order chi connectivity index (χ1) is 6.38. The lowest BCUT2D eigenvalue weighted by molar-refractivity contribution is 0.0454. The molecule has 0 amide bonds. The molecular weight excluding hydrogens is 170 g/mol. The van der Waals surface area contributed by atoms with E-state index in [-0.39, 0.29) is 11.7 Å². The lowest BCUT2D eigenvalue weighted by Gasteiger charge is -2.19. The zero-order chi connectivity index (χ0) is 9.10. The Bertz CT molecular complexity index is 278. The Morgan fingerprint density at radius 2 is 2.62 bits per heavy atom. The molecule has 1 atom stereocenters. The van der Waals surface area contributed by atoms with Gasteiger partial charge in [0.15, 0.2) is 5.82 Å². The molecule has 0 bridgehead atoms. The lowest BCUT2D eigenvalue weighted by atomic mass is 9.97. The average Bonchev–Trinajstić information content (AvgIpc) is 2.71. The van der Waals surface area contributed by atoms with E-state index in [1.54, 1.807) is 0 Å². The van der Waals surface area contributed by atoms with Crippen molar-refractivity contribution in [2.75, 3.05) is 13.2 Å². The first-order valence-electron chi connectivity index (χ1n) is 4.35. The quantitative estimate of drug-likeness (QED) is 0.671. The van der Waals surface area contributed by atoms with Crippen molar-refractivity contribution in [3.8, 4) is 0 Å². The minimum atomic E-state index is -0.0401. The number of carbonyl (C=O) groups excluding carboxylic acids is 1. The van der Waals surface area contributed by atoms with E-state index in [4.69, 9.17) is 4.74 Å². The third kappa shape index (κ3) is 1.75. The highest BCUT2D eigenvalue weighted by Crippen LogP contribution is 2.16. The van der Waals surface area contributed by atoms with Crippen LogP contribution in [0.3, 0.4) is 0 Å². The Kier molecular flexibility index (Phi) is 2.35. The van der Waals surface area contributed by atoms with Gasteiger partial charge in [-0.3, -0.25) is 9.89 Å². The molecule has 0 aliphatic carbocycles. The van der Waals surface area contributed by atoms with Crippen molar-refractivity contribution in [3.63, 3.8) is 0 Å². The van der Waals surface area contributed by atoms with Gasteiger partial charge in [0.2, 0.25) is 5.78 Å². The van der Waals surface area contributed by atoms with E-state index in [0.717, 1.165) is 19.4 Å². The van der Waals surface area contributed by atoms with Gasteiger partial charge in [0.05, 0.1) is 6.61 Å². The molecule has 1 saturated heterocycles. The van der Waals surface area contributed by atoms with Crippen LogP contribution in [0.1, 0.15) is 23.5 Å². The summed E-state index contributed by atoms with van der Waals surface area (Å²) in [5.74, 6) is 0.314. The Morgan fingerprint density at radius 3 is 3.23 bits per heavy atom. The van der Waals surface area contributed by atoms with E-state index in [0.29, 0.717) is 12.4 Å². The number of ketones is 1. The van der Waals surface area contributed by atoms with Crippen LogP contribution in [0, 0.1) is 5.92 Å². The number of hydrogen-bond donors (Lipinski definition) is 1. The SMILES string of the molecule is O=C(c1ncn[nH]1)C1CCCOC1. The number of ether oxygens (including phenoxy) is 1. The number of aromatic amines is 1. The second-order valence-corrected chi connectivity index (χ2v) is 3.11. The van der Waals surface area contributed by atoms with E-state index in [2.05, 4.69) is 15.2 Å². The Balaban J connectivity index is 2.04. The van der Waals surface area contributed by atoms with Gasteiger partial charge in [0.1, 0.15) is 6.33 Å². The fraction of sp³-hybridized carbons (Fsp3) is 0.625. The summed E-state index contributed by atoms with van der Waals surface area (Å²) >= 11 is 0. The summed E-state index contributed by atoms with van der Waals surface area (Å²) < 4.78 is 5.22. The molecule has 5 heteroatoms. The van der Waals surface area contributed by atoms with Gasteiger partial charge in [-0.2, -0.15) is 5.10 Å². The van der Waals surface area contributed by atoms with Gasteiger partial charge in [-0.15, -0.1) is 0 Å². The number of hydrogen-bond acceptors (Lipinski definition) is 4. The number of nitrogens with zero attached hydrogens (tertiary/aromatic N) is 2. The molecule has 1 aromatic rings. The Labute approximate surface area is 75.5 Å². The summed E-state index contributed by atoms with van der Waals surface area (Å²) in [4.78, 5) is 15.5. The topological polar surface area (TPSA) is 67.9 Å². The van der Waals surface area contributed by atoms with Crippen molar-refractivity contribution in [1.29, 1.82) is 0 Å². The molecule has 70 valence electrons. The molecular formula is C8H11N3O2. The predicted octanol–water partition coefficient (Wildman–Crippen LogP) is 0.414. The lowest BCUT2D eigenvalue weighted by Crippen LogP contribution is -2.26. The highest BCUT2D eigenvalue weighted by Gasteiger charge is 2.24. The second kappa shape index (κ2) is 3.66. The number of Topliss-reactive ketones (excluding diaryl/α,β-unsaturated/α-hetero) is 1. The number of aromatic nitrogens is 3. The maximum atomic E-state index is 11.6. The van der Waals surface area contributed by atoms with Gasteiger partial charge in [-0.05, 0) is 12.8 Å². The van der Waals surface area contributed by atoms with Crippen LogP contribution >= 0.6 is 0 Å². The highest BCUT2D eigenvalue weighted by molar-refractivity contribution is 5.94. The maximum Gasteiger partial charge on any atom is 0.204 e. The Morgan fingerprint density at radius 1 is 1.69 bits per heavy atom. The first kappa shape index (κ1) is 8.37. The highest BCUT2D eigenvalue weighted by atomic mass is 16.5. The third-order valence-electron chi connectivity index (χ3n) is 2.18. The van der Waals surface area contributed by atoms with Crippen LogP contribution in [0.5, 0.6) is 0 Å². The Hall–Kier alpha value is -1.23. The predicted molar refractivity (Wildman–Crippen MR) is 44.3 cm³/mol. The van der Waals surface area contributed by atoms with Crippen molar-refractivity contribution in [3.05, 3.63) is 12.2 Å². The standard InChI is InChI=1S/C8H11N3O2/c12-7(8-9-5-10-11-8)6-2-1-3-13-4-6/h5-6H,1-4H2,(H,9,10,11). The smallest absolute Gasteiger partial charge is 0.204 e. The number of H-pyrrole nitrogens is 1. The van der Waals surface area contributed by atoms with Gasteiger partial charge >= 0.3 is 0 Å². The molecule has 2 rings (SSSR count). The monoisotopic (exact) mass is 181 g/mol. The van der Waals surface area contributed by atoms with Crippen LogP contribution in [0.25, 0.3) is 0 Å². The molecule has 0 aromatic carbocycles. The van der Waals surface area contributed by atoms with Gasteiger partial charge in [-0.1, -0.05) is 0 Å². The van der Waals surface area contributed by atoms with Crippen molar-refractivity contribution in [1.82, 2.24) is 15.2 Å². The number of rotatable bonds is 2. The summed E-state index contributed by atoms with van der Waals surface area (Å²) in [6.45, 7) is 1.28. The van der Waals surface area contributed by atoms with Crippen LogP contribution in [0.2, 0.25) is 0 Å². The normalized spacial score (nSPS) is 22.9. The van der Waals surface area contributed by atoms with Gasteiger partial charge < -0.3 is 4.74 Å². The van der Waals surface area contributed by atoms with Crippen LogP contribution in [-0.2, 0) is 4.74 Å². The first-order valence-corrected chi connectivity index (χ1v) is 4.35. The van der Waals surface area contributed by atoms with E-state index in [1.807, 2.05) is 0 Å². The molecule has 2 heterocycles. The minimum absolute atomic E-state index is 0.0113. The van der Waals surface area contributed by atoms with Crippen molar-refractivity contribution in [2.45, 2.75) is 12.8 Å². The zero-order valence-corrected chi connectivity index (χ0v) is 7.19. The molecule has 1 unspecified atom stereocenters. The summed E-state index contributed by atoms with van der Waals surface area (Å²) in [7, 11) is 0. The maximum absolute atomic E-state index is 11.6. The third-order valence-corrected chi connectivity index (χ3v) is 2.18. The van der Waals surface area contributed by atoms with Crippen molar-refractivity contribution < 1.29 is 9.53 Å². The molecule has 1 aliphatic heterocycles. The van der Waals surface area contributed by atoms with E-state index >= 15 is 0 Å². The molecule has 0 radical (unpaired) electrons. The fourth-order valence-electron chi connectivity index (χ4n) is 1.47. The average molecular weight is 181 g/mol. The molecule has 1 aliphatic rings. The summed E-state index contributed by atoms with van der Waals surface area (Å²) in [5.41, 5.74) is 0. The van der Waals surface area contributed by atoms with Crippen LogP contribution in [-0.4, -0.2) is 34.2 Å². The van der Waals surface area contributed by atoms with Crippen LogP contribution in [0.4, 0.5) is 0 Å². The molecule has 1 aromatic heterocycles. The van der Waals surface area contributed by atoms with Crippen LogP contribution < -0.4 is 0 Å². The van der Waals surface area contributed by atoms with E-state index in [9.17, 15) is 4.79 Å². The van der Waals surface area contributed by atoms with E-state index in [1.165, 1.54) is 6.33 Å². The second-order valence-electron chi connectivity index (χ2n) is 3.11. The van der Waals surface area contributed by atoms with E-state index < -0.39 is 0 Å². The van der Waals surface area contributed by atoms with Crippen molar-refractivity contribution >= 4 is 5.78 Å². The zero-order valence-electron chi connectivity index (χ0n) is 7.19. The fourth-order valence-corrected chi connectivity index (χ4v) is 1.47. The molecule has 13 heavy (non-hydrogen) atoms. The van der Waals surface area contributed by atoms with Gasteiger partial charge in [0.25, 0.3) is 0 Å².